The summed E-state index contributed by atoms with van der Waals surface area (Å²) in [6, 6.07) is 5.15. The van der Waals surface area contributed by atoms with Gasteiger partial charge in [0.2, 0.25) is 0 Å². The van der Waals surface area contributed by atoms with Crippen LogP contribution in [0.3, 0.4) is 0 Å². The lowest BCUT2D eigenvalue weighted by molar-refractivity contribution is 0.0697. The molecule has 2 N–H and O–H groups in total. The average molecular weight is 328 g/mol. The molecule has 0 saturated carbocycles. The number of carboxylic acids is 1. The molecule has 0 aromatic heterocycles. The molecule has 1 rings (SSSR count). The van der Waals surface area contributed by atoms with Gasteiger partial charge in [0, 0.05) is 11.0 Å². The largest absolute Gasteiger partial charge is 0.478 e. The normalized spacial score (nSPS) is 10.9. The molecular formula is C15H22BrNO2. The molecule has 0 fully saturated rings. The topological polar surface area (TPSA) is 49.3 Å². The summed E-state index contributed by atoms with van der Waals surface area (Å²) in [7, 11) is 0. The highest BCUT2D eigenvalue weighted by atomic mass is 79.9. The van der Waals surface area contributed by atoms with Crippen LogP contribution in [0.1, 0.15) is 49.0 Å². The van der Waals surface area contributed by atoms with Gasteiger partial charge in [-0.05, 0) is 36.6 Å². The van der Waals surface area contributed by atoms with Crippen LogP contribution >= 0.6 is 15.9 Å². The molecule has 0 bridgehead atoms. The standard InChI is InChI=1S/C15H22BrNO2/c1-11(2)5-3-4-8-17-10-13-7-6-12(15(18)19)9-14(13)16/h6-7,9,11,17H,3-5,8,10H2,1-2H3,(H,18,19). The Morgan fingerprint density at radius 2 is 2.11 bits per heavy atom. The Morgan fingerprint density at radius 3 is 2.68 bits per heavy atom. The fourth-order valence-corrected chi connectivity index (χ4v) is 2.37. The molecule has 3 nitrogen and oxygen atoms in total. The van der Waals surface area contributed by atoms with Crippen molar-refractivity contribution in [2.24, 2.45) is 5.92 Å². The van der Waals surface area contributed by atoms with Crippen molar-refractivity contribution < 1.29 is 9.90 Å². The van der Waals surface area contributed by atoms with Gasteiger partial charge in [0.25, 0.3) is 0 Å². The predicted octanol–water partition coefficient (Wildman–Crippen LogP) is 4.06. The van der Waals surface area contributed by atoms with Crippen molar-refractivity contribution in [1.29, 1.82) is 0 Å². The number of carboxylic acid groups (broad SMARTS) is 1. The molecule has 0 aliphatic carbocycles. The summed E-state index contributed by atoms with van der Waals surface area (Å²) in [6.07, 6.45) is 3.71. The lowest BCUT2D eigenvalue weighted by Gasteiger charge is -2.08. The number of hydrogen-bond acceptors (Lipinski definition) is 2. The summed E-state index contributed by atoms with van der Waals surface area (Å²) in [5, 5.41) is 12.3. The van der Waals surface area contributed by atoms with Crippen LogP contribution < -0.4 is 5.32 Å². The SMILES string of the molecule is CC(C)CCCCNCc1ccc(C(=O)O)cc1Br. The van der Waals surface area contributed by atoms with Crippen molar-refractivity contribution in [2.45, 2.75) is 39.7 Å². The van der Waals surface area contributed by atoms with Gasteiger partial charge in [-0.15, -0.1) is 0 Å². The summed E-state index contributed by atoms with van der Waals surface area (Å²) in [6.45, 7) is 6.26. The van der Waals surface area contributed by atoms with Crippen LogP contribution in [0.2, 0.25) is 0 Å². The zero-order valence-corrected chi connectivity index (χ0v) is 13.2. The van der Waals surface area contributed by atoms with E-state index in [1.807, 2.05) is 6.07 Å². The van der Waals surface area contributed by atoms with Gasteiger partial charge < -0.3 is 10.4 Å². The van der Waals surface area contributed by atoms with Crippen molar-refractivity contribution in [3.63, 3.8) is 0 Å². The smallest absolute Gasteiger partial charge is 0.335 e. The van der Waals surface area contributed by atoms with Gasteiger partial charge in [-0.25, -0.2) is 4.79 Å². The zero-order chi connectivity index (χ0) is 14.3. The molecule has 1 aromatic carbocycles. The first-order valence-electron chi connectivity index (χ1n) is 6.73. The number of aromatic carboxylic acids is 1. The summed E-state index contributed by atoms with van der Waals surface area (Å²) >= 11 is 3.41. The number of carbonyl (C=O) groups is 1. The van der Waals surface area contributed by atoms with E-state index >= 15 is 0 Å². The third-order valence-electron chi connectivity index (χ3n) is 3.00. The molecule has 0 heterocycles. The van der Waals surface area contributed by atoms with E-state index in [1.165, 1.54) is 19.3 Å². The van der Waals surface area contributed by atoms with Crippen LogP contribution in [0.4, 0.5) is 0 Å². The quantitative estimate of drug-likeness (QED) is 0.708. The molecule has 0 atom stereocenters. The summed E-state index contributed by atoms with van der Waals surface area (Å²) < 4.78 is 0.849. The minimum absolute atomic E-state index is 0.313. The fourth-order valence-electron chi connectivity index (χ4n) is 1.85. The lowest BCUT2D eigenvalue weighted by Crippen LogP contribution is -2.15. The number of nitrogens with one attached hydrogen (secondary N) is 1. The highest BCUT2D eigenvalue weighted by molar-refractivity contribution is 9.10. The molecule has 0 amide bonds. The van der Waals surface area contributed by atoms with E-state index in [0.717, 1.165) is 29.0 Å². The number of halogens is 1. The van der Waals surface area contributed by atoms with E-state index in [1.54, 1.807) is 12.1 Å². The second-order valence-corrected chi connectivity index (χ2v) is 6.03. The van der Waals surface area contributed by atoms with Gasteiger partial charge in [-0.2, -0.15) is 0 Å². The Balaban J connectivity index is 2.32. The van der Waals surface area contributed by atoms with Crippen LogP contribution in [0, 0.1) is 5.92 Å². The molecule has 0 saturated heterocycles. The van der Waals surface area contributed by atoms with E-state index in [9.17, 15) is 4.79 Å². The first-order valence-corrected chi connectivity index (χ1v) is 7.52. The van der Waals surface area contributed by atoms with E-state index in [0.29, 0.717) is 5.56 Å². The maximum atomic E-state index is 10.8. The summed E-state index contributed by atoms with van der Waals surface area (Å²) in [4.78, 5) is 10.8. The number of hydrogen-bond donors (Lipinski definition) is 2. The average Bonchev–Trinajstić information content (AvgIpc) is 2.34. The minimum Gasteiger partial charge on any atom is -0.478 e. The molecule has 19 heavy (non-hydrogen) atoms. The second kappa shape index (κ2) is 8.33. The van der Waals surface area contributed by atoms with E-state index in [-0.39, 0.29) is 0 Å². The predicted molar refractivity (Wildman–Crippen MR) is 81.5 cm³/mol. The minimum atomic E-state index is -0.895. The van der Waals surface area contributed by atoms with Gasteiger partial charge in [0.1, 0.15) is 0 Å². The first-order chi connectivity index (χ1) is 9.00. The van der Waals surface area contributed by atoms with Crippen LogP contribution in [0.15, 0.2) is 22.7 Å². The van der Waals surface area contributed by atoms with Gasteiger partial charge in [0.05, 0.1) is 5.56 Å². The maximum absolute atomic E-state index is 10.8. The van der Waals surface area contributed by atoms with E-state index in [4.69, 9.17) is 5.11 Å². The van der Waals surface area contributed by atoms with Crippen LogP contribution in [0.5, 0.6) is 0 Å². The number of rotatable bonds is 8. The van der Waals surface area contributed by atoms with Crippen LogP contribution in [-0.4, -0.2) is 17.6 Å². The Kier molecular flexibility index (Phi) is 7.10. The van der Waals surface area contributed by atoms with Crippen molar-refractivity contribution in [3.05, 3.63) is 33.8 Å². The van der Waals surface area contributed by atoms with Crippen LogP contribution in [-0.2, 0) is 6.54 Å². The lowest BCUT2D eigenvalue weighted by atomic mass is 10.1. The molecule has 0 unspecified atom stereocenters. The Labute approximate surface area is 123 Å². The monoisotopic (exact) mass is 327 g/mol. The zero-order valence-electron chi connectivity index (χ0n) is 11.6. The molecular weight excluding hydrogens is 306 g/mol. The molecule has 0 spiro atoms. The van der Waals surface area contributed by atoms with Gasteiger partial charge in [-0.1, -0.05) is 48.7 Å². The number of unbranched alkanes of at least 4 members (excludes halogenated alkanes) is 1. The fraction of sp³-hybridized carbons (Fsp3) is 0.533. The van der Waals surface area contributed by atoms with Crippen molar-refractivity contribution in [2.75, 3.05) is 6.54 Å². The molecule has 4 heteroatoms. The Bertz CT molecular complexity index is 419. The second-order valence-electron chi connectivity index (χ2n) is 5.18. The molecule has 0 radical (unpaired) electrons. The first kappa shape index (κ1) is 16.2. The van der Waals surface area contributed by atoms with Gasteiger partial charge in [0.15, 0.2) is 0 Å². The summed E-state index contributed by atoms with van der Waals surface area (Å²) in [5.41, 5.74) is 1.40. The van der Waals surface area contributed by atoms with E-state index < -0.39 is 5.97 Å². The molecule has 0 aliphatic heterocycles. The Morgan fingerprint density at radius 1 is 1.37 bits per heavy atom. The number of benzene rings is 1. The molecule has 1 aromatic rings. The van der Waals surface area contributed by atoms with Gasteiger partial charge >= 0.3 is 5.97 Å². The molecule has 106 valence electrons. The molecule has 0 aliphatic rings. The van der Waals surface area contributed by atoms with E-state index in [2.05, 4.69) is 35.1 Å². The third-order valence-corrected chi connectivity index (χ3v) is 3.74. The maximum Gasteiger partial charge on any atom is 0.335 e. The third kappa shape index (κ3) is 6.21. The van der Waals surface area contributed by atoms with Crippen molar-refractivity contribution in [3.8, 4) is 0 Å². The highest BCUT2D eigenvalue weighted by Gasteiger charge is 2.06. The summed E-state index contributed by atoms with van der Waals surface area (Å²) in [5.74, 6) is -0.119. The Hall–Kier alpha value is -0.870. The van der Waals surface area contributed by atoms with Crippen molar-refractivity contribution >= 4 is 21.9 Å². The highest BCUT2D eigenvalue weighted by Crippen LogP contribution is 2.18. The van der Waals surface area contributed by atoms with Crippen LogP contribution in [0.25, 0.3) is 0 Å². The van der Waals surface area contributed by atoms with Crippen molar-refractivity contribution in [1.82, 2.24) is 5.32 Å². The van der Waals surface area contributed by atoms with Gasteiger partial charge in [-0.3, -0.25) is 0 Å².